The standard InChI is InChI=1S/C17H23F3N2O.ClH/c1-11(15(23)22-16(2,10-21)13-7-8-13)9-12-3-5-14(6-4-12)17(18,19)20;/h3-6,11,13H,7-10,21H2,1-2H3,(H,22,23);1H. The first-order valence-corrected chi connectivity index (χ1v) is 7.84. The van der Waals surface area contributed by atoms with Gasteiger partial charge in [0.15, 0.2) is 0 Å². The zero-order chi connectivity index (χ0) is 17.3. The molecule has 7 heteroatoms. The summed E-state index contributed by atoms with van der Waals surface area (Å²) in [4.78, 5) is 12.3. The second kappa shape index (κ2) is 7.74. The van der Waals surface area contributed by atoms with Gasteiger partial charge in [0.2, 0.25) is 5.91 Å². The Kier molecular flexibility index (Phi) is 6.70. The Labute approximate surface area is 146 Å². The number of rotatable bonds is 6. The van der Waals surface area contributed by atoms with Crippen molar-refractivity contribution in [1.82, 2.24) is 5.32 Å². The molecule has 1 aromatic rings. The van der Waals surface area contributed by atoms with Gasteiger partial charge in [-0.1, -0.05) is 19.1 Å². The number of carbonyl (C=O) groups excluding carboxylic acids is 1. The number of hydrogen-bond donors (Lipinski definition) is 2. The van der Waals surface area contributed by atoms with E-state index >= 15 is 0 Å². The molecule has 0 radical (unpaired) electrons. The smallest absolute Gasteiger partial charge is 0.349 e. The van der Waals surface area contributed by atoms with E-state index in [0.29, 0.717) is 24.4 Å². The molecule has 0 spiro atoms. The molecule has 24 heavy (non-hydrogen) atoms. The topological polar surface area (TPSA) is 55.1 Å². The van der Waals surface area contributed by atoms with E-state index in [4.69, 9.17) is 5.73 Å². The molecular formula is C17H24ClF3N2O. The largest absolute Gasteiger partial charge is 0.416 e. The molecule has 0 aliphatic heterocycles. The van der Waals surface area contributed by atoms with Gasteiger partial charge in [-0.3, -0.25) is 4.79 Å². The molecule has 1 aromatic carbocycles. The molecule has 0 heterocycles. The first-order chi connectivity index (χ1) is 10.7. The summed E-state index contributed by atoms with van der Waals surface area (Å²) in [6.45, 7) is 4.11. The Morgan fingerprint density at radius 3 is 2.25 bits per heavy atom. The summed E-state index contributed by atoms with van der Waals surface area (Å²) in [5.74, 6) is -0.00386. The zero-order valence-corrected chi connectivity index (χ0v) is 14.6. The van der Waals surface area contributed by atoms with Crippen LogP contribution in [-0.4, -0.2) is 18.0 Å². The quantitative estimate of drug-likeness (QED) is 0.811. The molecule has 2 rings (SSSR count). The normalized spacial score (nSPS) is 18.2. The summed E-state index contributed by atoms with van der Waals surface area (Å²) < 4.78 is 37.6. The van der Waals surface area contributed by atoms with Crippen LogP contribution in [0.15, 0.2) is 24.3 Å². The van der Waals surface area contributed by atoms with Crippen molar-refractivity contribution >= 4 is 18.3 Å². The highest BCUT2D eigenvalue weighted by molar-refractivity contribution is 5.85. The highest BCUT2D eigenvalue weighted by Crippen LogP contribution is 2.39. The lowest BCUT2D eigenvalue weighted by atomic mass is 9.93. The average Bonchev–Trinajstić information content (AvgIpc) is 3.31. The summed E-state index contributed by atoms with van der Waals surface area (Å²) in [6, 6.07) is 4.95. The van der Waals surface area contributed by atoms with E-state index in [-0.39, 0.29) is 29.8 Å². The molecule has 1 fully saturated rings. The lowest BCUT2D eigenvalue weighted by molar-refractivity contribution is -0.137. The number of hydrogen-bond acceptors (Lipinski definition) is 2. The summed E-state index contributed by atoms with van der Waals surface area (Å²) in [6.07, 6.45) is -1.80. The number of halogens is 4. The Balaban J connectivity index is 0.00000288. The predicted molar refractivity (Wildman–Crippen MR) is 89.9 cm³/mol. The highest BCUT2D eigenvalue weighted by atomic mass is 35.5. The van der Waals surface area contributed by atoms with Gasteiger partial charge in [0, 0.05) is 12.5 Å². The first-order valence-electron chi connectivity index (χ1n) is 7.84. The fraction of sp³-hybridized carbons (Fsp3) is 0.588. The molecule has 3 N–H and O–H groups in total. The second-order valence-electron chi connectivity index (χ2n) is 6.68. The minimum Gasteiger partial charge on any atom is -0.349 e. The van der Waals surface area contributed by atoms with E-state index in [0.717, 1.165) is 25.0 Å². The molecule has 1 amide bonds. The molecule has 1 aliphatic carbocycles. The molecule has 3 nitrogen and oxygen atoms in total. The van der Waals surface area contributed by atoms with Crippen molar-refractivity contribution < 1.29 is 18.0 Å². The minimum atomic E-state index is -4.34. The van der Waals surface area contributed by atoms with Gasteiger partial charge in [0.1, 0.15) is 0 Å². The van der Waals surface area contributed by atoms with Gasteiger partial charge in [-0.05, 0) is 49.8 Å². The van der Waals surface area contributed by atoms with Crippen LogP contribution in [0.5, 0.6) is 0 Å². The van der Waals surface area contributed by atoms with E-state index in [9.17, 15) is 18.0 Å². The van der Waals surface area contributed by atoms with Crippen molar-refractivity contribution in [3.8, 4) is 0 Å². The number of alkyl halides is 3. The van der Waals surface area contributed by atoms with Crippen LogP contribution in [0.25, 0.3) is 0 Å². The van der Waals surface area contributed by atoms with E-state index in [1.54, 1.807) is 6.92 Å². The third kappa shape index (κ3) is 5.11. The van der Waals surface area contributed by atoms with Crippen LogP contribution < -0.4 is 11.1 Å². The highest BCUT2D eigenvalue weighted by Gasteiger charge is 2.42. The van der Waals surface area contributed by atoms with Crippen molar-refractivity contribution in [2.75, 3.05) is 6.54 Å². The predicted octanol–water partition coefficient (Wildman–Crippen LogP) is 3.55. The van der Waals surface area contributed by atoms with Gasteiger partial charge in [-0.2, -0.15) is 13.2 Å². The van der Waals surface area contributed by atoms with Gasteiger partial charge in [-0.15, -0.1) is 12.4 Å². The van der Waals surface area contributed by atoms with E-state index in [1.165, 1.54) is 12.1 Å². The average molecular weight is 365 g/mol. The summed E-state index contributed by atoms with van der Waals surface area (Å²) in [5.41, 5.74) is 5.43. The van der Waals surface area contributed by atoms with Gasteiger partial charge >= 0.3 is 6.18 Å². The Morgan fingerprint density at radius 1 is 1.29 bits per heavy atom. The molecule has 1 aliphatic rings. The molecule has 0 bridgehead atoms. The van der Waals surface area contributed by atoms with Crippen LogP contribution in [0.4, 0.5) is 13.2 Å². The molecular weight excluding hydrogens is 341 g/mol. The monoisotopic (exact) mass is 364 g/mol. The number of amides is 1. The maximum absolute atomic E-state index is 12.5. The number of benzene rings is 1. The van der Waals surface area contributed by atoms with E-state index in [1.807, 2.05) is 6.92 Å². The Morgan fingerprint density at radius 2 is 1.83 bits per heavy atom. The lowest BCUT2D eigenvalue weighted by Crippen LogP contribution is -2.54. The zero-order valence-electron chi connectivity index (χ0n) is 13.8. The molecule has 0 aromatic heterocycles. The van der Waals surface area contributed by atoms with Gasteiger partial charge < -0.3 is 11.1 Å². The SMILES string of the molecule is CC(Cc1ccc(C(F)(F)F)cc1)C(=O)NC(C)(CN)C1CC1.Cl. The summed E-state index contributed by atoms with van der Waals surface area (Å²) in [5, 5.41) is 3.02. The minimum absolute atomic E-state index is 0. The van der Waals surface area contributed by atoms with Crippen LogP contribution in [-0.2, 0) is 17.4 Å². The van der Waals surface area contributed by atoms with Gasteiger partial charge in [0.25, 0.3) is 0 Å². The molecule has 2 atom stereocenters. The fourth-order valence-corrected chi connectivity index (χ4v) is 2.72. The van der Waals surface area contributed by atoms with Crippen molar-refractivity contribution in [3.05, 3.63) is 35.4 Å². The van der Waals surface area contributed by atoms with Crippen molar-refractivity contribution in [3.63, 3.8) is 0 Å². The van der Waals surface area contributed by atoms with E-state index < -0.39 is 11.7 Å². The first kappa shape index (κ1) is 20.8. The van der Waals surface area contributed by atoms with Crippen LogP contribution in [0.1, 0.15) is 37.8 Å². The van der Waals surface area contributed by atoms with E-state index in [2.05, 4.69) is 5.32 Å². The molecule has 0 saturated heterocycles. The second-order valence-corrected chi connectivity index (χ2v) is 6.68. The Hall–Kier alpha value is -1.27. The van der Waals surface area contributed by atoms with Crippen molar-refractivity contribution in [1.29, 1.82) is 0 Å². The molecule has 136 valence electrons. The summed E-state index contributed by atoms with van der Waals surface area (Å²) >= 11 is 0. The number of nitrogens with one attached hydrogen (secondary N) is 1. The van der Waals surface area contributed by atoms with Crippen molar-refractivity contribution in [2.24, 2.45) is 17.6 Å². The third-order valence-electron chi connectivity index (χ3n) is 4.58. The van der Waals surface area contributed by atoms with Crippen LogP contribution in [0, 0.1) is 11.8 Å². The summed E-state index contributed by atoms with van der Waals surface area (Å²) in [7, 11) is 0. The molecule has 1 saturated carbocycles. The lowest BCUT2D eigenvalue weighted by Gasteiger charge is -2.31. The Bertz CT molecular complexity index is 558. The fourth-order valence-electron chi connectivity index (χ4n) is 2.72. The van der Waals surface area contributed by atoms with Crippen LogP contribution in [0.2, 0.25) is 0 Å². The maximum Gasteiger partial charge on any atom is 0.416 e. The van der Waals surface area contributed by atoms with Gasteiger partial charge in [-0.25, -0.2) is 0 Å². The van der Waals surface area contributed by atoms with Crippen LogP contribution >= 0.6 is 12.4 Å². The van der Waals surface area contributed by atoms with Gasteiger partial charge in [0.05, 0.1) is 11.1 Å². The molecule has 2 unspecified atom stereocenters. The maximum atomic E-state index is 12.5. The van der Waals surface area contributed by atoms with Crippen LogP contribution in [0.3, 0.4) is 0 Å². The third-order valence-corrected chi connectivity index (χ3v) is 4.58. The number of carbonyl (C=O) groups is 1. The van der Waals surface area contributed by atoms with Crippen molar-refractivity contribution in [2.45, 2.75) is 44.8 Å². The number of nitrogens with two attached hydrogens (primary N) is 1.